The van der Waals surface area contributed by atoms with Crippen LogP contribution in [0.2, 0.25) is 0 Å². The second-order valence-electron chi connectivity index (χ2n) is 11.2. The van der Waals surface area contributed by atoms with Gasteiger partial charge >= 0.3 is 5.97 Å². The molecule has 8 nitrogen and oxygen atoms in total. The first-order chi connectivity index (χ1) is 21.0. The van der Waals surface area contributed by atoms with Crippen molar-refractivity contribution in [1.29, 1.82) is 0 Å². The van der Waals surface area contributed by atoms with Crippen molar-refractivity contribution in [3.8, 4) is 11.1 Å². The number of benzene rings is 3. The predicted molar refractivity (Wildman–Crippen MR) is 165 cm³/mol. The molecule has 0 radical (unpaired) electrons. The lowest BCUT2D eigenvalue weighted by molar-refractivity contribution is -0.142. The maximum Gasteiger partial charge on any atom is 0.328 e. The minimum atomic E-state index is -1.24. The highest BCUT2D eigenvalue weighted by Gasteiger charge is 2.29. The number of nitrogens with zero attached hydrogens (tertiary/aromatic N) is 2. The summed E-state index contributed by atoms with van der Waals surface area (Å²) in [5.41, 5.74) is 3.06. The normalized spacial score (nSPS) is 15.7. The quantitative estimate of drug-likeness (QED) is 0.304. The molecule has 44 heavy (non-hydrogen) atoms. The number of amides is 1. The third-order valence-electron chi connectivity index (χ3n) is 8.32. The van der Waals surface area contributed by atoms with E-state index in [4.69, 9.17) is 9.47 Å². The van der Waals surface area contributed by atoms with Crippen LogP contribution in [0.15, 0.2) is 59.4 Å². The van der Waals surface area contributed by atoms with Crippen molar-refractivity contribution in [2.45, 2.75) is 39.3 Å². The van der Waals surface area contributed by atoms with Gasteiger partial charge in [0, 0.05) is 37.4 Å². The molecule has 1 aliphatic rings. The number of nitrogens with one attached hydrogen (secondary N) is 1. The molecule has 1 aliphatic heterocycles. The fourth-order valence-electron chi connectivity index (χ4n) is 5.90. The van der Waals surface area contributed by atoms with Crippen LogP contribution in [0.4, 0.5) is 14.5 Å². The SMILES string of the molecule is COC(=O)[C@H](Cc1ccc(-c2c(C)cc(C)n(C)c2=O)c2ccccc12)NC(=O)c1c(F)cc(N2CCOC[C@@H]2C)cc1F. The number of esters is 1. The highest BCUT2D eigenvalue weighted by molar-refractivity contribution is 6.00. The topological polar surface area (TPSA) is 89.9 Å². The van der Waals surface area contributed by atoms with Gasteiger partial charge in [0.05, 0.1) is 25.9 Å². The number of aromatic nitrogens is 1. The van der Waals surface area contributed by atoms with Crippen molar-refractivity contribution in [2.75, 3.05) is 31.8 Å². The van der Waals surface area contributed by atoms with Gasteiger partial charge in [-0.05, 0) is 66.4 Å². The summed E-state index contributed by atoms with van der Waals surface area (Å²) in [5.74, 6) is -3.92. The van der Waals surface area contributed by atoms with E-state index in [1.165, 1.54) is 7.11 Å². The molecule has 230 valence electrons. The molecular formula is C34H35F2N3O5. The van der Waals surface area contributed by atoms with Gasteiger partial charge in [-0.1, -0.05) is 36.4 Å². The molecule has 0 saturated carbocycles. The summed E-state index contributed by atoms with van der Waals surface area (Å²) < 4.78 is 42.4. The first kappa shape index (κ1) is 30.9. The number of morpholine rings is 1. The highest BCUT2D eigenvalue weighted by Crippen LogP contribution is 2.32. The average Bonchev–Trinajstić information content (AvgIpc) is 3.00. The number of pyridine rings is 1. The first-order valence-corrected chi connectivity index (χ1v) is 14.4. The molecule has 5 rings (SSSR count). The van der Waals surface area contributed by atoms with Gasteiger partial charge in [0.2, 0.25) is 0 Å². The summed E-state index contributed by atoms with van der Waals surface area (Å²) in [6, 6.07) is 13.9. The molecular weight excluding hydrogens is 568 g/mol. The third kappa shape index (κ3) is 5.81. The molecule has 1 fully saturated rings. The fraction of sp³-hybridized carbons (Fsp3) is 0.324. The number of aryl methyl sites for hydroxylation is 2. The van der Waals surface area contributed by atoms with Crippen LogP contribution in [0.25, 0.3) is 21.9 Å². The van der Waals surface area contributed by atoms with Gasteiger partial charge in [-0.15, -0.1) is 0 Å². The lowest BCUT2D eigenvalue weighted by Crippen LogP contribution is -2.44. The Morgan fingerprint density at radius 1 is 1.07 bits per heavy atom. The van der Waals surface area contributed by atoms with Crippen LogP contribution in [0.5, 0.6) is 0 Å². The average molecular weight is 604 g/mol. The fourth-order valence-corrected chi connectivity index (χ4v) is 5.90. The Labute approximate surface area is 254 Å². The Bertz CT molecular complexity index is 1800. The van der Waals surface area contributed by atoms with E-state index in [2.05, 4.69) is 5.32 Å². The zero-order chi connectivity index (χ0) is 31.7. The third-order valence-corrected chi connectivity index (χ3v) is 8.32. The summed E-state index contributed by atoms with van der Waals surface area (Å²) in [7, 11) is 2.90. The van der Waals surface area contributed by atoms with E-state index >= 15 is 8.78 Å². The summed E-state index contributed by atoms with van der Waals surface area (Å²) in [5, 5.41) is 4.03. The largest absolute Gasteiger partial charge is 0.467 e. The van der Waals surface area contributed by atoms with Gasteiger partial charge < -0.3 is 24.3 Å². The summed E-state index contributed by atoms with van der Waals surface area (Å²) in [6.45, 7) is 6.95. The minimum absolute atomic E-state index is 0.0172. The first-order valence-electron chi connectivity index (χ1n) is 14.4. The number of fused-ring (bicyclic) bond motifs is 1. The lowest BCUT2D eigenvalue weighted by atomic mass is 9.91. The van der Waals surface area contributed by atoms with Gasteiger partial charge in [0.15, 0.2) is 0 Å². The van der Waals surface area contributed by atoms with Crippen molar-refractivity contribution in [1.82, 2.24) is 9.88 Å². The second kappa shape index (κ2) is 12.6. The number of rotatable bonds is 7. The van der Waals surface area contributed by atoms with E-state index in [-0.39, 0.29) is 18.0 Å². The van der Waals surface area contributed by atoms with Crippen LogP contribution in [0.3, 0.4) is 0 Å². The van der Waals surface area contributed by atoms with Crippen LogP contribution in [-0.4, -0.2) is 55.4 Å². The molecule has 2 heterocycles. The zero-order valence-corrected chi connectivity index (χ0v) is 25.4. The number of carbonyl (C=O) groups excluding carboxylic acids is 2. The molecule has 1 amide bonds. The Morgan fingerprint density at radius 3 is 2.41 bits per heavy atom. The molecule has 1 aromatic heterocycles. The van der Waals surface area contributed by atoms with Gasteiger partial charge in [-0.2, -0.15) is 0 Å². The second-order valence-corrected chi connectivity index (χ2v) is 11.2. The van der Waals surface area contributed by atoms with Gasteiger partial charge in [-0.3, -0.25) is 9.59 Å². The molecule has 0 spiro atoms. The smallest absolute Gasteiger partial charge is 0.328 e. The molecule has 2 atom stereocenters. The number of hydrogen-bond acceptors (Lipinski definition) is 6. The zero-order valence-electron chi connectivity index (χ0n) is 25.4. The Kier molecular flexibility index (Phi) is 8.82. The number of ether oxygens (including phenoxy) is 2. The molecule has 0 unspecified atom stereocenters. The van der Waals surface area contributed by atoms with E-state index in [0.717, 1.165) is 39.7 Å². The Hall–Kier alpha value is -4.57. The molecule has 1 N–H and O–H groups in total. The predicted octanol–water partition coefficient (Wildman–Crippen LogP) is 4.84. The Balaban J connectivity index is 1.48. The molecule has 10 heteroatoms. The van der Waals surface area contributed by atoms with E-state index in [1.807, 2.05) is 62.1 Å². The maximum absolute atomic E-state index is 15.2. The lowest BCUT2D eigenvalue weighted by Gasteiger charge is -2.35. The van der Waals surface area contributed by atoms with Gasteiger partial charge in [0.1, 0.15) is 23.2 Å². The standard InChI is InChI=1S/C34H35F2N3O5/c1-19-14-20(2)38(4)33(41)30(19)26-11-10-22(24-8-6-7-9-25(24)26)15-29(34(42)43-5)37-32(40)31-27(35)16-23(17-28(31)36)39-12-13-44-18-21(39)3/h6-11,14,16-17,21,29H,12-13,15,18H2,1-5H3,(H,37,40)/t21-,29-/m0/s1. The highest BCUT2D eigenvalue weighted by atomic mass is 19.1. The Morgan fingerprint density at radius 2 is 1.75 bits per heavy atom. The van der Waals surface area contributed by atoms with E-state index < -0.39 is 35.1 Å². The molecule has 0 bridgehead atoms. The monoisotopic (exact) mass is 603 g/mol. The van der Waals surface area contributed by atoms with Crippen LogP contribution in [0, 0.1) is 25.5 Å². The van der Waals surface area contributed by atoms with Crippen molar-refractivity contribution in [3.63, 3.8) is 0 Å². The minimum Gasteiger partial charge on any atom is -0.467 e. The van der Waals surface area contributed by atoms with Crippen LogP contribution in [-0.2, 0) is 27.7 Å². The molecule has 4 aromatic rings. The van der Waals surface area contributed by atoms with Crippen LogP contribution >= 0.6 is 0 Å². The van der Waals surface area contributed by atoms with E-state index in [1.54, 1.807) is 17.7 Å². The van der Waals surface area contributed by atoms with E-state index in [0.29, 0.717) is 36.6 Å². The van der Waals surface area contributed by atoms with Gasteiger partial charge in [0.25, 0.3) is 11.5 Å². The van der Waals surface area contributed by atoms with Crippen molar-refractivity contribution < 1.29 is 27.8 Å². The maximum atomic E-state index is 15.2. The number of methoxy groups -OCH3 is 1. The summed E-state index contributed by atoms with van der Waals surface area (Å²) in [4.78, 5) is 41.2. The van der Waals surface area contributed by atoms with Gasteiger partial charge in [-0.25, -0.2) is 13.6 Å². The number of halogens is 2. The summed E-state index contributed by atoms with van der Waals surface area (Å²) in [6.07, 6.45) is -0.0172. The molecule has 0 aliphatic carbocycles. The van der Waals surface area contributed by atoms with Crippen LogP contribution < -0.4 is 15.8 Å². The number of carbonyl (C=O) groups is 2. The van der Waals surface area contributed by atoms with Crippen molar-refractivity contribution >= 4 is 28.3 Å². The number of anilines is 1. The summed E-state index contributed by atoms with van der Waals surface area (Å²) >= 11 is 0. The molecule has 3 aromatic carbocycles. The van der Waals surface area contributed by atoms with Crippen LogP contribution in [0.1, 0.15) is 34.1 Å². The van der Waals surface area contributed by atoms with E-state index in [9.17, 15) is 14.4 Å². The number of hydrogen-bond donors (Lipinski definition) is 1. The molecule has 1 saturated heterocycles. The van der Waals surface area contributed by atoms with Crippen molar-refractivity contribution in [2.24, 2.45) is 7.05 Å². The van der Waals surface area contributed by atoms with Crippen molar-refractivity contribution in [3.05, 3.63) is 99.0 Å².